The molecule has 1 atom stereocenters. The van der Waals surface area contributed by atoms with E-state index in [-0.39, 0.29) is 11.8 Å². The van der Waals surface area contributed by atoms with Crippen LogP contribution in [-0.2, 0) is 0 Å². The van der Waals surface area contributed by atoms with E-state index in [0.29, 0.717) is 12.2 Å². The van der Waals surface area contributed by atoms with Gasteiger partial charge in [0.25, 0.3) is 5.91 Å². The van der Waals surface area contributed by atoms with Crippen molar-refractivity contribution >= 4 is 5.91 Å². The lowest BCUT2D eigenvalue weighted by Gasteiger charge is -2.32. The Labute approximate surface area is 145 Å². The summed E-state index contributed by atoms with van der Waals surface area (Å²) < 4.78 is 1.97. The van der Waals surface area contributed by atoms with Crippen molar-refractivity contribution in [3.8, 4) is 5.82 Å². The zero-order valence-electron chi connectivity index (χ0n) is 14.1. The predicted octanol–water partition coefficient (Wildman–Crippen LogP) is 2.32. The molecule has 1 aliphatic heterocycles. The second-order valence-corrected chi connectivity index (χ2v) is 6.33. The third-order valence-corrected chi connectivity index (χ3v) is 4.69. The minimum Gasteiger partial charge on any atom is -0.337 e. The van der Waals surface area contributed by atoms with Gasteiger partial charge in [-0.15, -0.1) is 0 Å². The van der Waals surface area contributed by atoms with E-state index in [9.17, 15) is 4.79 Å². The topological polar surface area (TPSA) is 79.7 Å². The Bertz CT molecular complexity index is 869. The van der Waals surface area contributed by atoms with Crippen LogP contribution in [0.2, 0.25) is 0 Å². The maximum atomic E-state index is 12.6. The SMILES string of the molecule is Cc1nccn1-c1cccc([C@@H]2CCCN(C(=O)c3ccn[nH]3)C2)n1. The molecular formula is C18H20N6O. The third-order valence-electron chi connectivity index (χ3n) is 4.69. The highest BCUT2D eigenvalue weighted by Crippen LogP contribution is 2.27. The molecule has 0 saturated carbocycles. The number of H-pyrrole nitrogens is 1. The first kappa shape index (κ1) is 15.6. The Hall–Kier alpha value is -2.96. The van der Waals surface area contributed by atoms with Gasteiger partial charge in [-0.25, -0.2) is 9.97 Å². The lowest BCUT2D eigenvalue weighted by molar-refractivity contribution is 0.0700. The van der Waals surface area contributed by atoms with Crippen molar-refractivity contribution in [3.63, 3.8) is 0 Å². The smallest absolute Gasteiger partial charge is 0.271 e. The summed E-state index contributed by atoms with van der Waals surface area (Å²) in [5.41, 5.74) is 1.56. The highest BCUT2D eigenvalue weighted by Gasteiger charge is 2.27. The molecule has 0 spiro atoms. The number of piperidine rings is 1. The van der Waals surface area contributed by atoms with Crippen LogP contribution in [0.3, 0.4) is 0 Å². The number of amides is 1. The maximum absolute atomic E-state index is 12.6. The fraction of sp³-hybridized carbons (Fsp3) is 0.333. The molecule has 128 valence electrons. The van der Waals surface area contributed by atoms with Gasteiger partial charge in [-0.1, -0.05) is 6.07 Å². The van der Waals surface area contributed by atoms with Crippen LogP contribution in [0.15, 0.2) is 42.9 Å². The van der Waals surface area contributed by atoms with Crippen LogP contribution in [0.25, 0.3) is 5.82 Å². The molecule has 0 aromatic carbocycles. The van der Waals surface area contributed by atoms with Crippen molar-refractivity contribution in [2.75, 3.05) is 13.1 Å². The summed E-state index contributed by atoms with van der Waals surface area (Å²) in [4.78, 5) is 23.5. The number of carbonyl (C=O) groups excluding carboxylic acids is 1. The fourth-order valence-electron chi connectivity index (χ4n) is 3.37. The maximum Gasteiger partial charge on any atom is 0.271 e. The summed E-state index contributed by atoms with van der Waals surface area (Å²) in [6.07, 6.45) is 7.30. The van der Waals surface area contributed by atoms with Gasteiger partial charge in [-0.05, 0) is 38.0 Å². The van der Waals surface area contributed by atoms with E-state index >= 15 is 0 Å². The number of rotatable bonds is 3. The second-order valence-electron chi connectivity index (χ2n) is 6.33. The number of hydrogen-bond acceptors (Lipinski definition) is 4. The Kier molecular flexibility index (Phi) is 4.05. The first-order chi connectivity index (χ1) is 12.2. The summed E-state index contributed by atoms with van der Waals surface area (Å²) in [6.45, 7) is 3.41. The Morgan fingerprint density at radius 1 is 1.28 bits per heavy atom. The van der Waals surface area contributed by atoms with E-state index in [1.165, 1.54) is 0 Å². The van der Waals surface area contributed by atoms with E-state index in [2.05, 4.69) is 15.2 Å². The average Bonchev–Trinajstić information content (AvgIpc) is 3.33. The number of hydrogen-bond donors (Lipinski definition) is 1. The minimum absolute atomic E-state index is 0.00353. The van der Waals surface area contributed by atoms with Gasteiger partial charge >= 0.3 is 0 Å². The fourth-order valence-corrected chi connectivity index (χ4v) is 3.37. The molecule has 0 aliphatic carbocycles. The van der Waals surface area contributed by atoms with Gasteiger partial charge in [0.2, 0.25) is 0 Å². The molecule has 7 heteroatoms. The highest BCUT2D eigenvalue weighted by atomic mass is 16.2. The largest absolute Gasteiger partial charge is 0.337 e. The molecule has 0 unspecified atom stereocenters. The normalized spacial score (nSPS) is 17.6. The number of carbonyl (C=O) groups is 1. The summed E-state index contributed by atoms with van der Waals surface area (Å²) in [5.74, 6) is 2.02. The molecule has 1 aliphatic rings. The highest BCUT2D eigenvalue weighted by molar-refractivity contribution is 5.92. The molecule has 3 aromatic heterocycles. The van der Waals surface area contributed by atoms with Crippen LogP contribution in [0.4, 0.5) is 0 Å². The number of nitrogens with zero attached hydrogens (tertiary/aromatic N) is 5. The monoisotopic (exact) mass is 336 g/mol. The average molecular weight is 336 g/mol. The molecule has 0 radical (unpaired) electrons. The molecule has 4 heterocycles. The quantitative estimate of drug-likeness (QED) is 0.796. The molecule has 1 fully saturated rings. The third kappa shape index (κ3) is 3.05. The number of aryl methyl sites for hydroxylation is 1. The van der Waals surface area contributed by atoms with Crippen LogP contribution in [-0.4, -0.2) is 48.6 Å². The van der Waals surface area contributed by atoms with Gasteiger partial charge in [0, 0.05) is 43.3 Å². The van der Waals surface area contributed by atoms with E-state index < -0.39 is 0 Å². The minimum atomic E-state index is 0.00353. The van der Waals surface area contributed by atoms with Crippen molar-refractivity contribution in [1.29, 1.82) is 0 Å². The molecule has 3 aromatic rings. The van der Waals surface area contributed by atoms with Crippen LogP contribution < -0.4 is 0 Å². The van der Waals surface area contributed by atoms with E-state index in [0.717, 1.165) is 36.7 Å². The van der Waals surface area contributed by atoms with Crippen molar-refractivity contribution in [3.05, 3.63) is 60.1 Å². The van der Waals surface area contributed by atoms with Gasteiger partial charge in [0.1, 0.15) is 17.3 Å². The lowest BCUT2D eigenvalue weighted by Crippen LogP contribution is -2.39. The van der Waals surface area contributed by atoms with Gasteiger partial charge in [-0.2, -0.15) is 5.10 Å². The second kappa shape index (κ2) is 6.51. The summed E-state index contributed by atoms with van der Waals surface area (Å²) in [7, 11) is 0. The predicted molar refractivity (Wildman–Crippen MR) is 92.6 cm³/mol. The summed E-state index contributed by atoms with van der Waals surface area (Å²) >= 11 is 0. The van der Waals surface area contributed by atoms with Gasteiger partial charge in [0.15, 0.2) is 0 Å². The van der Waals surface area contributed by atoms with Gasteiger partial charge in [-0.3, -0.25) is 14.5 Å². The molecule has 7 nitrogen and oxygen atoms in total. The first-order valence-electron chi connectivity index (χ1n) is 8.48. The van der Waals surface area contributed by atoms with Crippen LogP contribution in [0.1, 0.15) is 40.8 Å². The molecular weight excluding hydrogens is 316 g/mol. The molecule has 1 N–H and O–H groups in total. The molecule has 4 rings (SSSR count). The Balaban J connectivity index is 1.56. The van der Waals surface area contributed by atoms with Gasteiger partial charge in [0.05, 0.1) is 0 Å². The number of aromatic nitrogens is 5. The van der Waals surface area contributed by atoms with Crippen molar-refractivity contribution < 1.29 is 4.79 Å². The van der Waals surface area contributed by atoms with Gasteiger partial charge < -0.3 is 4.90 Å². The standard InChI is InChI=1S/C18H20N6O/c1-13-19-9-11-24(13)17-6-2-5-15(21-17)14-4-3-10-23(12-14)18(25)16-7-8-20-22-16/h2,5-9,11,14H,3-4,10,12H2,1H3,(H,20,22)/t14-/m1/s1. The molecule has 1 saturated heterocycles. The van der Waals surface area contributed by atoms with E-state index in [4.69, 9.17) is 4.98 Å². The zero-order chi connectivity index (χ0) is 17.2. The lowest BCUT2D eigenvalue weighted by atomic mass is 9.94. The number of nitrogens with one attached hydrogen (secondary N) is 1. The number of aromatic amines is 1. The number of imidazole rings is 1. The molecule has 25 heavy (non-hydrogen) atoms. The van der Waals surface area contributed by atoms with Crippen LogP contribution in [0, 0.1) is 6.92 Å². The van der Waals surface area contributed by atoms with Crippen molar-refractivity contribution in [2.45, 2.75) is 25.7 Å². The van der Waals surface area contributed by atoms with Crippen LogP contribution in [0.5, 0.6) is 0 Å². The van der Waals surface area contributed by atoms with Crippen LogP contribution >= 0.6 is 0 Å². The zero-order valence-corrected chi connectivity index (χ0v) is 14.1. The van der Waals surface area contributed by atoms with Crippen molar-refractivity contribution in [1.82, 2.24) is 29.6 Å². The van der Waals surface area contributed by atoms with E-state index in [1.54, 1.807) is 18.5 Å². The molecule has 0 bridgehead atoms. The first-order valence-corrected chi connectivity index (χ1v) is 8.48. The van der Waals surface area contributed by atoms with Crippen molar-refractivity contribution in [2.24, 2.45) is 0 Å². The molecule has 1 amide bonds. The Morgan fingerprint density at radius 3 is 2.96 bits per heavy atom. The number of pyridine rings is 1. The summed E-state index contributed by atoms with van der Waals surface area (Å²) in [6, 6.07) is 7.76. The van der Waals surface area contributed by atoms with E-state index in [1.807, 2.05) is 40.8 Å². The Morgan fingerprint density at radius 2 is 2.20 bits per heavy atom. The number of likely N-dealkylation sites (tertiary alicyclic amines) is 1. The summed E-state index contributed by atoms with van der Waals surface area (Å²) in [5, 5.41) is 6.63.